The van der Waals surface area contributed by atoms with Crippen LogP contribution in [0.15, 0.2) is 22.5 Å². The van der Waals surface area contributed by atoms with Crippen molar-refractivity contribution >= 4 is 52.6 Å². The first-order valence-corrected chi connectivity index (χ1v) is 11.5. The van der Waals surface area contributed by atoms with Crippen molar-refractivity contribution in [1.82, 2.24) is 20.5 Å². The standard InChI is InChI=1S/C20H31N5OS2.HI/c1-14(2)16-13-27-19(24-16)12-23-20(21-4)22-11-17(18-6-5-15(3)28-18)25-7-9-26-10-8-25;/h5-6,13-14,17H,7-12H2,1-4H3,(H2,21,22,23);1H. The molecule has 0 saturated carbocycles. The number of nitrogens with one attached hydrogen (secondary N) is 2. The van der Waals surface area contributed by atoms with Crippen LogP contribution in [0.4, 0.5) is 0 Å². The third kappa shape index (κ3) is 7.16. The van der Waals surface area contributed by atoms with E-state index in [9.17, 15) is 0 Å². The minimum absolute atomic E-state index is 0. The molecule has 0 bridgehead atoms. The first-order chi connectivity index (χ1) is 13.6. The molecular weight excluding hydrogens is 517 g/mol. The van der Waals surface area contributed by atoms with E-state index in [0.717, 1.165) is 49.5 Å². The monoisotopic (exact) mass is 549 g/mol. The topological polar surface area (TPSA) is 61.8 Å². The van der Waals surface area contributed by atoms with Crippen LogP contribution in [0.1, 0.15) is 46.3 Å². The van der Waals surface area contributed by atoms with Crippen LogP contribution in [-0.2, 0) is 11.3 Å². The summed E-state index contributed by atoms with van der Waals surface area (Å²) in [6, 6.07) is 4.78. The largest absolute Gasteiger partial charge is 0.379 e. The number of hydrogen-bond donors (Lipinski definition) is 2. The fourth-order valence-electron chi connectivity index (χ4n) is 3.18. The van der Waals surface area contributed by atoms with Crippen molar-refractivity contribution in [3.05, 3.63) is 38.0 Å². The number of hydrogen-bond acceptors (Lipinski definition) is 6. The maximum Gasteiger partial charge on any atom is 0.191 e. The predicted molar refractivity (Wildman–Crippen MR) is 134 cm³/mol. The molecule has 1 atom stereocenters. The summed E-state index contributed by atoms with van der Waals surface area (Å²) in [7, 11) is 1.82. The Labute approximate surface area is 199 Å². The Morgan fingerprint density at radius 3 is 2.62 bits per heavy atom. The number of aryl methyl sites for hydroxylation is 1. The third-order valence-electron chi connectivity index (χ3n) is 4.83. The summed E-state index contributed by atoms with van der Waals surface area (Å²) in [4.78, 5) is 14.3. The van der Waals surface area contributed by atoms with Crippen molar-refractivity contribution in [2.45, 2.75) is 39.3 Å². The quantitative estimate of drug-likeness (QED) is 0.311. The molecule has 1 aliphatic rings. The molecule has 0 radical (unpaired) electrons. The lowest BCUT2D eigenvalue weighted by molar-refractivity contribution is 0.0177. The molecule has 1 aliphatic heterocycles. The second kappa shape index (κ2) is 12.2. The van der Waals surface area contributed by atoms with Gasteiger partial charge in [0.15, 0.2) is 5.96 Å². The average molecular weight is 550 g/mol. The molecule has 1 saturated heterocycles. The number of aliphatic imine (C=N–C) groups is 1. The maximum absolute atomic E-state index is 5.54. The first kappa shape index (κ1) is 24.5. The van der Waals surface area contributed by atoms with Gasteiger partial charge >= 0.3 is 0 Å². The molecule has 2 aromatic heterocycles. The zero-order chi connectivity index (χ0) is 19.9. The summed E-state index contributed by atoms with van der Waals surface area (Å²) in [5, 5.41) is 10.1. The second-order valence-corrected chi connectivity index (χ2v) is 9.50. The molecule has 3 heterocycles. The first-order valence-electron chi connectivity index (χ1n) is 9.83. The summed E-state index contributed by atoms with van der Waals surface area (Å²) in [6.45, 7) is 11.5. The summed E-state index contributed by atoms with van der Waals surface area (Å²) < 4.78 is 5.54. The van der Waals surface area contributed by atoms with Crippen molar-refractivity contribution in [1.29, 1.82) is 0 Å². The summed E-state index contributed by atoms with van der Waals surface area (Å²) in [6.07, 6.45) is 0. The van der Waals surface area contributed by atoms with E-state index in [1.807, 2.05) is 18.4 Å². The molecule has 1 unspecified atom stereocenters. The van der Waals surface area contributed by atoms with Crippen LogP contribution in [0, 0.1) is 6.92 Å². The zero-order valence-corrected chi connectivity index (χ0v) is 21.6. The second-order valence-electron chi connectivity index (χ2n) is 7.24. The highest BCUT2D eigenvalue weighted by molar-refractivity contribution is 14.0. The number of rotatable bonds is 7. The Bertz CT molecular complexity index is 771. The van der Waals surface area contributed by atoms with Gasteiger partial charge in [-0.1, -0.05) is 13.8 Å². The Morgan fingerprint density at radius 1 is 1.28 bits per heavy atom. The van der Waals surface area contributed by atoms with Crippen molar-refractivity contribution in [2.75, 3.05) is 39.9 Å². The van der Waals surface area contributed by atoms with Crippen LogP contribution >= 0.6 is 46.7 Å². The smallest absolute Gasteiger partial charge is 0.191 e. The Hall–Kier alpha value is -0.750. The normalized spacial score (nSPS) is 16.5. The van der Waals surface area contributed by atoms with Gasteiger partial charge in [0.05, 0.1) is 31.5 Å². The highest BCUT2D eigenvalue weighted by atomic mass is 127. The van der Waals surface area contributed by atoms with Crippen LogP contribution in [-0.4, -0.2) is 55.7 Å². The van der Waals surface area contributed by atoms with E-state index < -0.39 is 0 Å². The molecule has 0 aliphatic carbocycles. The summed E-state index contributed by atoms with van der Waals surface area (Å²) in [5.41, 5.74) is 1.16. The minimum atomic E-state index is 0. The molecule has 2 aromatic rings. The molecular formula is C20H32IN5OS2. The van der Waals surface area contributed by atoms with Crippen LogP contribution in [0.3, 0.4) is 0 Å². The minimum Gasteiger partial charge on any atom is -0.379 e. The van der Waals surface area contributed by atoms with E-state index >= 15 is 0 Å². The van der Waals surface area contributed by atoms with Crippen molar-refractivity contribution in [2.24, 2.45) is 4.99 Å². The van der Waals surface area contributed by atoms with Gasteiger partial charge in [0.2, 0.25) is 0 Å². The molecule has 162 valence electrons. The van der Waals surface area contributed by atoms with Crippen LogP contribution < -0.4 is 10.6 Å². The molecule has 29 heavy (non-hydrogen) atoms. The molecule has 0 amide bonds. The lowest BCUT2D eigenvalue weighted by Gasteiger charge is -2.34. The van der Waals surface area contributed by atoms with Gasteiger partial charge in [0.25, 0.3) is 0 Å². The summed E-state index contributed by atoms with van der Waals surface area (Å²) in [5.74, 6) is 1.28. The molecule has 2 N–H and O–H groups in total. The SMILES string of the molecule is CN=C(NCc1nc(C(C)C)cs1)NCC(c1ccc(C)s1)N1CCOCC1.I. The Morgan fingerprint density at radius 2 is 2.03 bits per heavy atom. The number of thiophene rings is 1. The van der Waals surface area contributed by atoms with Gasteiger partial charge in [0, 0.05) is 41.8 Å². The van der Waals surface area contributed by atoms with E-state index in [1.54, 1.807) is 11.3 Å². The van der Waals surface area contributed by atoms with Gasteiger partial charge < -0.3 is 15.4 Å². The predicted octanol–water partition coefficient (Wildman–Crippen LogP) is 3.99. The molecule has 3 rings (SSSR count). The average Bonchev–Trinajstić information content (AvgIpc) is 3.34. The highest BCUT2D eigenvalue weighted by Crippen LogP contribution is 2.28. The van der Waals surface area contributed by atoms with Crippen molar-refractivity contribution in [3.63, 3.8) is 0 Å². The van der Waals surface area contributed by atoms with E-state index in [0.29, 0.717) is 18.5 Å². The fourth-order valence-corrected chi connectivity index (χ4v) is 5.08. The third-order valence-corrected chi connectivity index (χ3v) is 6.80. The maximum atomic E-state index is 5.54. The lowest BCUT2D eigenvalue weighted by atomic mass is 10.2. The van der Waals surface area contributed by atoms with Gasteiger partial charge in [-0.05, 0) is 25.0 Å². The summed E-state index contributed by atoms with van der Waals surface area (Å²) >= 11 is 3.57. The Balaban J connectivity index is 0.00000300. The van der Waals surface area contributed by atoms with E-state index in [-0.39, 0.29) is 24.0 Å². The zero-order valence-electron chi connectivity index (χ0n) is 17.6. The molecule has 0 spiro atoms. The van der Waals surface area contributed by atoms with E-state index in [2.05, 4.69) is 63.8 Å². The van der Waals surface area contributed by atoms with Crippen LogP contribution in [0.5, 0.6) is 0 Å². The number of guanidine groups is 1. The Kier molecular flexibility index (Phi) is 10.3. The fraction of sp³-hybridized carbons (Fsp3) is 0.600. The number of halogens is 1. The van der Waals surface area contributed by atoms with Gasteiger partial charge in [-0.25, -0.2) is 4.98 Å². The highest BCUT2D eigenvalue weighted by Gasteiger charge is 2.24. The molecule has 0 aromatic carbocycles. The lowest BCUT2D eigenvalue weighted by Crippen LogP contribution is -2.46. The number of thiazole rings is 1. The molecule has 9 heteroatoms. The van der Waals surface area contributed by atoms with Gasteiger partial charge in [-0.15, -0.1) is 46.7 Å². The molecule has 6 nitrogen and oxygen atoms in total. The van der Waals surface area contributed by atoms with E-state index in [1.165, 1.54) is 9.75 Å². The number of aromatic nitrogens is 1. The van der Waals surface area contributed by atoms with Crippen molar-refractivity contribution in [3.8, 4) is 0 Å². The van der Waals surface area contributed by atoms with Crippen LogP contribution in [0.25, 0.3) is 0 Å². The van der Waals surface area contributed by atoms with Crippen molar-refractivity contribution < 1.29 is 4.74 Å². The van der Waals surface area contributed by atoms with Gasteiger partial charge in [0.1, 0.15) is 5.01 Å². The number of morpholine rings is 1. The number of ether oxygens (including phenoxy) is 1. The van der Waals surface area contributed by atoms with E-state index in [4.69, 9.17) is 4.74 Å². The van der Waals surface area contributed by atoms with Gasteiger partial charge in [-0.3, -0.25) is 9.89 Å². The number of nitrogens with zero attached hydrogens (tertiary/aromatic N) is 3. The van der Waals surface area contributed by atoms with Gasteiger partial charge in [-0.2, -0.15) is 0 Å². The van der Waals surface area contributed by atoms with Crippen LogP contribution in [0.2, 0.25) is 0 Å². The molecule has 1 fully saturated rings.